The zero-order valence-corrected chi connectivity index (χ0v) is 16.6. The van der Waals surface area contributed by atoms with Gasteiger partial charge < -0.3 is 10.2 Å². The van der Waals surface area contributed by atoms with Crippen LogP contribution in [0.5, 0.6) is 0 Å². The van der Waals surface area contributed by atoms with Crippen molar-refractivity contribution in [2.75, 3.05) is 18.0 Å². The molecule has 1 atom stereocenters. The van der Waals surface area contributed by atoms with Gasteiger partial charge in [0.2, 0.25) is 0 Å². The predicted octanol–water partition coefficient (Wildman–Crippen LogP) is 3.39. The van der Waals surface area contributed by atoms with Gasteiger partial charge in [-0.2, -0.15) is 5.10 Å². The average molecular weight is 377 g/mol. The van der Waals surface area contributed by atoms with E-state index in [1.54, 1.807) is 4.52 Å². The van der Waals surface area contributed by atoms with Crippen molar-refractivity contribution in [2.45, 2.75) is 45.6 Å². The van der Waals surface area contributed by atoms with Gasteiger partial charge in [-0.05, 0) is 45.1 Å². The van der Waals surface area contributed by atoms with E-state index in [9.17, 15) is 4.79 Å². The molecule has 28 heavy (non-hydrogen) atoms. The Kier molecular flexibility index (Phi) is 5.28. The van der Waals surface area contributed by atoms with Gasteiger partial charge in [0.25, 0.3) is 5.91 Å². The molecule has 0 unspecified atom stereocenters. The lowest BCUT2D eigenvalue weighted by Crippen LogP contribution is -2.33. The first-order valence-electron chi connectivity index (χ1n) is 10.1. The lowest BCUT2D eigenvalue weighted by Gasteiger charge is -2.17. The molecule has 0 spiro atoms. The first kappa shape index (κ1) is 18.5. The van der Waals surface area contributed by atoms with Crippen molar-refractivity contribution < 1.29 is 4.79 Å². The zero-order chi connectivity index (χ0) is 19.5. The van der Waals surface area contributed by atoms with Crippen LogP contribution in [0.4, 0.5) is 5.82 Å². The van der Waals surface area contributed by atoms with Crippen molar-refractivity contribution in [2.24, 2.45) is 0 Å². The molecule has 3 aromatic rings. The number of carbonyl (C=O) groups is 1. The van der Waals surface area contributed by atoms with E-state index in [0.29, 0.717) is 5.69 Å². The van der Waals surface area contributed by atoms with Gasteiger partial charge in [-0.15, -0.1) is 0 Å². The van der Waals surface area contributed by atoms with E-state index < -0.39 is 0 Å². The summed E-state index contributed by atoms with van der Waals surface area (Å²) in [6, 6.07) is 12.3. The maximum atomic E-state index is 12.7. The SMILES string of the molecule is Cc1cn2nc(C(=O)N[C@H](C)CCc3ccccc3)cc2c(N2CCCC2)n1. The van der Waals surface area contributed by atoms with Crippen LogP contribution in [0.3, 0.4) is 0 Å². The molecule has 0 bridgehead atoms. The molecule has 1 aliphatic heterocycles. The van der Waals surface area contributed by atoms with E-state index in [4.69, 9.17) is 4.98 Å². The molecule has 146 valence electrons. The number of benzene rings is 1. The molecule has 1 fully saturated rings. The smallest absolute Gasteiger partial charge is 0.272 e. The van der Waals surface area contributed by atoms with Crippen LogP contribution >= 0.6 is 0 Å². The third kappa shape index (κ3) is 4.01. The fourth-order valence-corrected chi connectivity index (χ4v) is 3.76. The molecule has 1 aliphatic rings. The van der Waals surface area contributed by atoms with Crippen molar-refractivity contribution in [1.82, 2.24) is 19.9 Å². The summed E-state index contributed by atoms with van der Waals surface area (Å²) in [6.07, 6.45) is 6.08. The van der Waals surface area contributed by atoms with E-state index >= 15 is 0 Å². The van der Waals surface area contributed by atoms with Crippen molar-refractivity contribution in [3.63, 3.8) is 0 Å². The number of carbonyl (C=O) groups excluding carboxylic acids is 1. The van der Waals surface area contributed by atoms with Crippen LogP contribution in [0.15, 0.2) is 42.6 Å². The summed E-state index contributed by atoms with van der Waals surface area (Å²) in [7, 11) is 0. The summed E-state index contributed by atoms with van der Waals surface area (Å²) in [6.45, 7) is 6.02. The van der Waals surface area contributed by atoms with Crippen molar-refractivity contribution in [3.05, 3.63) is 59.5 Å². The number of anilines is 1. The summed E-state index contributed by atoms with van der Waals surface area (Å²) in [5.74, 6) is 0.801. The Labute approximate surface area is 165 Å². The fraction of sp³-hybridized carbons (Fsp3) is 0.409. The van der Waals surface area contributed by atoms with Crippen LogP contribution in [0.2, 0.25) is 0 Å². The Bertz CT molecular complexity index is 960. The van der Waals surface area contributed by atoms with Crippen LogP contribution < -0.4 is 10.2 Å². The first-order chi connectivity index (χ1) is 13.6. The van der Waals surface area contributed by atoms with E-state index in [1.807, 2.05) is 44.3 Å². The van der Waals surface area contributed by atoms with Gasteiger partial charge in [0.05, 0.1) is 11.9 Å². The fourth-order valence-electron chi connectivity index (χ4n) is 3.76. The van der Waals surface area contributed by atoms with Gasteiger partial charge in [0, 0.05) is 25.2 Å². The normalized spacial score (nSPS) is 15.1. The Morgan fingerprint density at radius 1 is 1.21 bits per heavy atom. The third-order valence-corrected chi connectivity index (χ3v) is 5.28. The lowest BCUT2D eigenvalue weighted by atomic mass is 10.1. The number of amides is 1. The second-order valence-corrected chi connectivity index (χ2v) is 7.66. The average Bonchev–Trinajstić information content (AvgIpc) is 3.36. The van der Waals surface area contributed by atoms with Crippen molar-refractivity contribution >= 4 is 17.2 Å². The number of fused-ring (bicyclic) bond motifs is 1. The molecule has 0 aliphatic carbocycles. The van der Waals surface area contributed by atoms with Crippen LogP contribution in [0, 0.1) is 6.92 Å². The van der Waals surface area contributed by atoms with Crippen LogP contribution in [-0.4, -0.2) is 39.6 Å². The standard InChI is InChI=1S/C22H27N5O/c1-16(10-11-18-8-4-3-5-9-18)24-22(28)19-14-20-21(26-12-6-7-13-26)23-17(2)15-27(20)25-19/h3-5,8-9,14-16H,6-7,10-13H2,1-2H3,(H,24,28)/t16-/m1/s1. The molecule has 1 amide bonds. The molecule has 1 saturated heterocycles. The molecule has 0 saturated carbocycles. The summed E-state index contributed by atoms with van der Waals surface area (Å²) in [5.41, 5.74) is 3.53. The van der Waals surface area contributed by atoms with Crippen molar-refractivity contribution in [1.29, 1.82) is 0 Å². The molecule has 1 N–H and O–H groups in total. The minimum Gasteiger partial charge on any atom is -0.355 e. The second kappa shape index (κ2) is 8.00. The number of hydrogen-bond donors (Lipinski definition) is 1. The van der Waals surface area contributed by atoms with E-state index in [-0.39, 0.29) is 11.9 Å². The van der Waals surface area contributed by atoms with Crippen LogP contribution in [0.25, 0.3) is 5.52 Å². The monoisotopic (exact) mass is 377 g/mol. The minimum absolute atomic E-state index is 0.0791. The van der Waals surface area contributed by atoms with Crippen LogP contribution in [0.1, 0.15) is 47.9 Å². The van der Waals surface area contributed by atoms with E-state index in [0.717, 1.165) is 43.0 Å². The molecule has 2 aromatic heterocycles. The minimum atomic E-state index is -0.130. The van der Waals surface area contributed by atoms with E-state index in [2.05, 4.69) is 27.4 Å². The van der Waals surface area contributed by atoms with Crippen LogP contribution in [-0.2, 0) is 6.42 Å². The molecule has 6 heteroatoms. The number of hydrogen-bond acceptors (Lipinski definition) is 4. The van der Waals surface area contributed by atoms with Crippen molar-refractivity contribution in [3.8, 4) is 0 Å². The molecule has 1 aromatic carbocycles. The highest BCUT2D eigenvalue weighted by Gasteiger charge is 2.21. The number of nitrogens with one attached hydrogen (secondary N) is 1. The maximum absolute atomic E-state index is 12.7. The van der Waals surface area contributed by atoms with Gasteiger partial charge in [-0.3, -0.25) is 4.79 Å². The molecule has 0 radical (unpaired) electrons. The number of rotatable bonds is 6. The van der Waals surface area contributed by atoms with Gasteiger partial charge >= 0.3 is 0 Å². The topological polar surface area (TPSA) is 62.5 Å². The number of aromatic nitrogens is 3. The summed E-state index contributed by atoms with van der Waals surface area (Å²) >= 11 is 0. The van der Waals surface area contributed by atoms with Gasteiger partial charge in [0.15, 0.2) is 11.5 Å². The quantitative estimate of drug-likeness (QED) is 0.715. The molecular formula is C22H27N5O. The predicted molar refractivity (Wildman–Crippen MR) is 111 cm³/mol. The van der Waals surface area contributed by atoms with Gasteiger partial charge in [-0.25, -0.2) is 9.50 Å². The Morgan fingerprint density at radius 3 is 2.71 bits per heavy atom. The largest absolute Gasteiger partial charge is 0.355 e. The first-order valence-corrected chi connectivity index (χ1v) is 10.1. The highest BCUT2D eigenvalue weighted by Crippen LogP contribution is 2.24. The van der Waals surface area contributed by atoms with Gasteiger partial charge in [-0.1, -0.05) is 30.3 Å². The summed E-state index contributed by atoms with van der Waals surface area (Å²) in [5, 5.41) is 7.60. The zero-order valence-electron chi connectivity index (χ0n) is 16.6. The maximum Gasteiger partial charge on any atom is 0.272 e. The highest BCUT2D eigenvalue weighted by atomic mass is 16.2. The van der Waals surface area contributed by atoms with Gasteiger partial charge in [0.1, 0.15) is 5.52 Å². The lowest BCUT2D eigenvalue weighted by molar-refractivity contribution is 0.0933. The summed E-state index contributed by atoms with van der Waals surface area (Å²) in [4.78, 5) is 19.7. The number of aryl methyl sites for hydroxylation is 2. The molecule has 3 heterocycles. The highest BCUT2D eigenvalue weighted by molar-refractivity contribution is 5.94. The molecule has 6 nitrogen and oxygen atoms in total. The summed E-state index contributed by atoms with van der Waals surface area (Å²) < 4.78 is 1.79. The number of nitrogens with zero attached hydrogens (tertiary/aromatic N) is 4. The molecular weight excluding hydrogens is 350 g/mol. The molecule has 4 rings (SSSR count). The third-order valence-electron chi connectivity index (χ3n) is 5.28. The second-order valence-electron chi connectivity index (χ2n) is 7.66. The van der Waals surface area contributed by atoms with E-state index in [1.165, 1.54) is 18.4 Å². The Balaban J connectivity index is 1.47. The Hall–Kier alpha value is -2.89. The Morgan fingerprint density at radius 2 is 1.96 bits per heavy atom.